The minimum atomic E-state index is -1.29. The molecule has 0 radical (unpaired) electrons. The van der Waals surface area contributed by atoms with Gasteiger partial charge in [-0.3, -0.25) is 24.3 Å². The molecular weight excluding hydrogens is 476 g/mol. The summed E-state index contributed by atoms with van der Waals surface area (Å²) in [7, 11) is 1.36. The number of aryl methyl sites for hydroxylation is 1. The van der Waals surface area contributed by atoms with E-state index in [4.69, 9.17) is 4.74 Å². The van der Waals surface area contributed by atoms with Crippen molar-refractivity contribution < 1.29 is 24.4 Å². The van der Waals surface area contributed by atoms with Crippen molar-refractivity contribution in [3.63, 3.8) is 0 Å². The number of nitrogens with one attached hydrogen (secondary N) is 1. The summed E-state index contributed by atoms with van der Waals surface area (Å²) < 4.78 is 6.06. The molecule has 2 aromatic carbocycles. The number of hydrogen-bond acceptors (Lipinski definition) is 8. The Hall–Kier alpha value is -4.58. The van der Waals surface area contributed by atoms with Gasteiger partial charge in [-0.15, -0.1) is 11.3 Å². The van der Waals surface area contributed by atoms with Crippen LogP contribution in [0.3, 0.4) is 0 Å². The number of aromatic nitrogens is 2. The molecule has 12 heteroatoms. The summed E-state index contributed by atoms with van der Waals surface area (Å²) in [6.45, 7) is 1.34. The largest absolute Gasteiger partial charge is 0.496 e. The Balaban J connectivity index is 1.80. The van der Waals surface area contributed by atoms with Crippen LogP contribution in [0.5, 0.6) is 5.75 Å². The van der Waals surface area contributed by atoms with Crippen molar-refractivity contribution in [2.24, 2.45) is 0 Å². The lowest BCUT2D eigenvalue weighted by Gasteiger charge is -2.13. The van der Waals surface area contributed by atoms with Crippen molar-refractivity contribution in [2.75, 3.05) is 12.4 Å². The SMILES string of the molecule is COc1ccc(NC(=O)Cn2c(-c3ccc(C)cc3)nc3scc(C(=O)O)c3c2=O)c([N+](=O)[O-])c1. The van der Waals surface area contributed by atoms with Gasteiger partial charge in [0.05, 0.1) is 29.0 Å². The molecule has 0 saturated carbocycles. The highest BCUT2D eigenvalue weighted by Crippen LogP contribution is 2.29. The molecule has 0 aliphatic rings. The van der Waals surface area contributed by atoms with Crippen molar-refractivity contribution in [2.45, 2.75) is 13.5 Å². The maximum Gasteiger partial charge on any atom is 0.337 e. The van der Waals surface area contributed by atoms with Crippen LogP contribution in [0.2, 0.25) is 0 Å². The molecule has 0 spiro atoms. The van der Waals surface area contributed by atoms with E-state index in [-0.39, 0.29) is 38.7 Å². The molecule has 11 nitrogen and oxygen atoms in total. The highest BCUT2D eigenvalue weighted by Gasteiger charge is 2.23. The Morgan fingerprint density at radius 2 is 1.94 bits per heavy atom. The number of carboxylic acids is 1. The van der Waals surface area contributed by atoms with E-state index in [0.717, 1.165) is 27.5 Å². The van der Waals surface area contributed by atoms with Gasteiger partial charge in [-0.1, -0.05) is 29.8 Å². The van der Waals surface area contributed by atoms with Crippen LogP contribution in [0.25, 0.3) is 21.6 Å². The number of fused-ring (bicyclic) bond motifs is 1. The molecule has 2 N–H and O–H groups in total. The average molecular weight is 494 g/mol. The van der Waals surface area contributed by atoms with Gasteiger partial charge in [-0.05, 0) is 19.1 Å². The number of anilines is 1. The third-order valence-corrected chi connectivity index (χ3v) is 6.08. The summed E-state index contributed by atoms with van der Waals surface area (Å²) in [6.07, 6.45) is 0. The van der Waals surface area contributed by atoms with Gasteiger partial charge in [0.1, 0.15) is 28.6 Å². The van der Waals surface area contributed by atoms with Crippen LogP contribution in [0, 0.1) is 17.0 Å². The number of nitro benzene ring substituents is 1. The molecule has 0 bridgehead atoms. The Morgan fingerprint density at radius 3 is 2.57 bits per heavy atom. The summed E-state index contributed by atoms with van der Waals surface area (Å²) in [5, 5.41) is 24.6. The fraction of sp³-hybridized carbons (Fsp3) is 0.130. The molecule has 0 aliphatic heterocycles. The fourth-order valence-electron chi connectivity index (χ4n) is 3.48. The van der Waals surface area contributed by atoms with Crippen molar-refractivity contribution in [3.8, 4) is 17.1 Å². The van der Waals surface area contributed by atoms with Crippen LogP contribution in [-0.2, 0) is 11.3 Å². The monoisotopic (exact) mass is 494 g/mol. The zero-order valence-electron chi connectivity index (χ0n) is 18.5. The average Bonchev–Trinajstić information content (AvgIpc) is 3.26. The second kappa shape index (κ2) is 9.35. The number of carbonyl (C=O) groups excluding carboxylic acids is 1. The van der Waals surface area contributed by atoms with Gasteiger partial charge in [0, 0.05) is 10.9 Å². The quantitative estimate of drug-likeness (QED) is 0.291. The lowest BCUT2D eigenvalue weighted by molar-refractivity contribution is -0.384. The van der Waals surface area contributed by atoms with E-state index in [2.05, 4.69) is 10.3 Å². The number of carboxylic acid groups (broad SMARTS) is 1. The van der Waals surface area contributed by atoms with Gasteiger partial charge >= 0.3 is 5.97 Å². The van der Waals surface area contributed by atoms with Gasteiger partial charge in [-0.25, -0.2) is 9.78 Å². The lowest BCUT2D eigenvalue weighted by atomic mass is 10.1. The van der Waals surface area contributed by atoms with Crippen molar-refractivity contribution in [1.82, 2.24) is 9.55 Å². The molecule has 0 atom stereocenters. The number of amides is 1. The first-order valence-corrected chi connectivity index (χ1v) is 11.0. The Morgan fingerprint density at radius 1 is 1.23 bits per heavy atom. The summed E-state index contributed by atoms with van der Waals surface area (Å²) >= 11 is 1.01. The normalized spacial score (nSPS) is 10.8. The summed E-state index contributed by atoms with van der Waals surface area (Å²) in [5.74, 6) is -1.62. The molecule has 2 heterocycles. The maximum atomic E-state index is 13.4. The van der Waals surface area contributed by atoms with Gasteiger partial charge < -0.3 is 15.2 Å². The van der Waals surface area contributed by atoms with E-state index < -0.39 is 28.9 Å². The first-order valence-electron chi connectivity index (χ1n) is 10.1. The number of aromatic carboxylic acids is 1. The van der Waals surface area contributed by atoms with Crippen molar-refractivity contribution >= 4 is 44.8 Å². The van der Waals surface area contributed by atoms with Gasteiger partial charge in [0.15, 0.2) is 0 Å². The molecule has 0 aliphatic carbocycles. The highest BCUT2D eigenvalue weighted by molar-refractivity contribution is 7.17. The Bertz CT molecular complexity index is 1540. The minimum absolute atomic E-state index is 0.0819. The van der Waals surface area contributed by atoms with Crippen LogP contribution in [0.4, 0.5) is 11.4 Å². The highest BCUT2D eigenvalue weighted by atomic mass is 32.1. The Labute approximate surface area is 201 Å². The lowest BCUT2D eigenvalue weighted by Crippen LogP contribution is -2.30. The number of methoxy groups -OCH3 is 1. The van der Waals surface area contributed by atoms with Crippen LogP contribution in [-0.4, -0.2) is 38.6 Å². The molecule has 0 fully saturated rings. The fourth-order valence-corrected chi connectivity index (χ4v) is 4.38. The van der Waals surface area contributed by atoms with Gasteiger partial charge in [0.25, 0.3) is 11.2 Å². The van der Waals surface area contributed by atoms with E-state index in [9.17, 15) is 29.6 Å². The third-order valence-electron chi connectivity index (χ3n) is 5.21. The molecule has 0 saturated heterocycles. The number of carbonyl (C=O) groups is 2. The van der Waals surface area contributed by atoms with Crippen LogP contribution < -0.4 is 15.6 Å². The molecular formula is C23H18N4O7S. The molecule has 0 unspecified atom stereocenters. The van der Waals surface area contributed by atoms with Crippen LogP contribution in [0.15, 0.2) is 52.6 Å². The summed E-state index contributed by atoms with van der Waals surface area (Å²) in [5.41, 5.74) is 0.132. The number of thiophene rings is 1. The first-order chi connectivity index (χ1) is 16.7. The minimum Gasteiger partial charge on any atom is -0.496 e. The van der Waals surface area contributed by atoms with E-state index in [1.54, 1.807) is 12.1 Å². The van der Waals surface area contributed by atoms with Crippen LogP contribution >= 0.6 is 11.3 Å². The summed E-state index contributed by atoms with van der Waals surface area (Å²) in [4.78, 5) is 53.4. The summed E-state index contributed by atoms with van der Waals surface area (Å²) in [6, 6.07) is 11.0. The second-order valence-electron chi connectivity index (χ2n) is 7.52. The number of ether oxygens (including phenoxy) is 1. The third kappa shape index (κ3) is 4.59. The zero-order chi connectivity index (χ0) is 25.3. The second-order valence-corrected chi connectivity index (χ2v) is 8.37. The number of benzene rings is 2. The van der Waals surface area contributed by atoms with Crippen molar-refractivity contribution in [1.29, 1.82) is 0 Å². The van der Waals surface area contributed by atoms with E-state index >= 15 is 0 Å². The molecule has 178 valence electrons. The molecule has 35 heavy (non-hydrogen) atoms. The first kappa shape index (κ1) is 23.6. The van der Waals surface area contributed by atoms with Crippen LogP contribution in [0.1, 0.15) is 15.9 Å². The van der Waals surface area contributed by atoms with Gasteiger partial charge in [0.2, 0.25) is 5.91 Å². The standard InChI is InChI=1S/C23H18N4O7S/c1-12-3-5-13(6-4-12)20-25-21-19(15(11-35-21)23(30)31)22(29)26(20)10-18(28)24-16-8-7-14(34-2)9-17(16)27(32)33/h3-9,11H,10H2,1-2H3,(H,24,28)(H,30,31). The predicted octanol–water partition coefficient (Wildman–Crippen LogP) is 3.69. The maximum absolute atomic E-state index is 13.4. The van der Waals surface area contributed by atoms with Gasteiger partial charge in [-0.2, -0.15) is 0 Å². The smallest absolute Gasteiger partial charge is 0.337 e. The number of hydrogen-bond donors (Lipinski definition) is 2. The predicted molar refractivity (Wildman–Crippen MR) is 129 cm³/mol. The number of nitrogens with zero attached hydrogens (tertiary/aromatic N) is 3. The number of nitro groups is 1. The zero-order valence-corrected chi connectivity index (χ0v) is 19.3. The van der Waals surface area contributed by atoms with E-state index in [0.29, 0.717) is 5.56 Å². The molecule has 4 aromatic rings. The topological polar surface area (TPSA) is 154 Å². The molecule has 2 aromatic heterocycles. The molecule has 4 rings (SSSR count). The van der Waals surface area contributed by atoms with Crippen molar-refractivity contribution in [3.05, 3.63) is 79.4 Å². The molecule has 1 amide bonds. The van der Waals surface area contributed by atoms with E-state index in [1.807, 2.05) is 19.1 Å². The number of rotatable bonds is 7. The van der Waals surface area contributed by atoms with E-state index in [1.165, 1.54) is 24.6 Å². The Kier molecular flexibility index (Phi) is 6.30.